The third-order valence-corrected chi connectivity index (χ3v) is 7.55. The van der Waals surface area contributed by atoms with Gasteiger partial charge in [-0.1, -0.05) is 35.9 Å². The van der Waals surface area contributed by atoms with Gasteiger partial charge in [0.15, 0.2) is 4.47 Å². The summed E-state index contributed by atoms with van der Waals surface area (Å²) in [5.74, 6) is 0. The first kappa shape index (κ1) is 18.4. The average molecular weight is 420 g/mol. The van der Waals surface area contributed by atoms with Crippen molar-refractivity contribution in [1.82, 2.24) is 9.29 Å². The van der Waals surface area contributed by atoms with Gasteiger partial charge < -0.3 is 5.32 Å². The van der Waals surface area contributed by atoms with Crippen LogP contribution >= 0.6 is 22.9 Å². The fraction of sp³-hybridized carbons (Fsp3) is 0.211. The lowest BCUT2D eigenvalue weighted by Gasteiger charge is -2.28. The van der Waals surface area contributed by atoms with Crippen LogP contribution < -0.4 is 5.32 Å². The van der Waals surface area contributed by atoms with Crippen molar-refractivity contribution in [3.8, 4) is 0 Å². The maximum atomic E-state index is 13.0. The van der Waals surface area contributed by atoms with Crippen LogP contribution in [0.4, 0.5) is 5.69 Å². The first-order valence-corrected chi connectivity index (χ1v) is 11.2. The second-order valence-electron chi connectivity index (χ2n) is 6.31. The number of benzene rings is 2. The highest BCUT2D eigenvalue weighted by Crippen LogP contribution is 2.26. The van der Waals surface area contributed by atoms with E-state index in [1.54, 1.807) is 34.8 Å². The Bertz CT molecular complexity index is 1050. The second kappa shape index (κ2) is 7.59. The summed E-state index contributed by atoms with van der Waals surface area (Å²) in [6, 6.07) is 14.9. The molecule has 0 fully saturated rings. The van der Waals surface area contributed by atoms with Crippen molar-refractivity contribution in [3.63, 3.8) is 0 Å². The van der Waals surface area contributed by atoms with E-state index in [1.165, 1.54) is 16.9 Å². The Morgan fingerprint density at radius 2 is 1.85 bits per heavy atom. The maximum Gasteiger partial charge on any atom is 0.243 e. The predicted octanol–water partition coefficient (Wildman–Crippen LogP) is 4.16. The first-order chi connectivity index (χ1) is 13.0. The lowest BCUT2D eigenvalue weighted by molar-refractivity contribution is 0.391. The molecule has 0 spiro atoms. The fourth-order valence-corrected chi connectivity index (χ4v) is 5.46. The summed E-state index contributed by atoms with van der Waals surface area (Å²) in [6.07, 6.45) is 2.47. The van der Waals surface area contributed by atoms with Gasteiger partial charge in [0, 0.05) is 29.9 Å². The molecule has 140 valence electrons. The Hall–Kier alpha value is -1.93. The van der Waals surface area contributed by atoms with Gasteiger partial charge in [-0.15, -0.1) is 11.3 Å². The first-order valence-electron chi connectivity index (χ1n) is 8.53. The minimum atomic E-state index is -3.51. The van der Waals surface area contributed by atoms with Crippen molar-refractivity contribution < 1.29 is 8.42 Å². The number of sulfonamides is 1. The van der Waals surface area contributed by atoms with Gasteiger partial charge in [-0.2, -0.15) is 4.31 Å². The van der Waals surface area contributed by atoms with Crippen LogP contribution in [0.1, 0.15) is 16.0 Å². The normalized spacial score (nSPS) is 14.7. The Labute approximate surface area is 167 Å². The van der Waals surface area contributed by atoms with Crippen LogP contribution in [-0.2, 0) is 29.5 Å². The molecule has 27 heavy (non-hydrogen) atoms. The molecule has 1 aliphatic rings. The Balaban J connectivity index is 1.46. The highest BCUT2D eigenvalue weighted by atomic mass is 35.5. The number of anilines is 1. The molecular weight excluding hydrogens is 402 g/mol. The second-order valence-corrected chi connectivity index (χ2v) is 9.95. The van der Waals surface area contributed by atoms with Gasteiger partial charge >= 0.3 is 0 Å². The molecule has 1 N–H and O–H groups in total. The molecule has 0 saturated heterocycles. The zero-order valence-corrected chi connectivity index (χ0v) is 16.8. The molecule has 0 saturated carbocycles. The summed E-state index contributed by atoms with van der Waals surface area (Å²) < 4.78 is 28.0. The molecule has 0 aliphatic carbocycles. The van der Waals surface area contributed by atoms with Crippen molar-refractivity contribution in [1.29, 1.82) is 0 Å². The van der Waals surface area contributed by atoms with Gasteiger partial charge in [-0.05, 0) is 41.8 Å². The van der Waals surface area contributed by atoms with Crippen molar-refractivity contribution >= 4 is 38.6 Å². The zero-order chi connectivity index (χ0) is 18.9. The van der Waals surface area contributed by atoms with E-state index in [4.69, 9.17) is 11.6 Å². The van der Waals surface area contributed by atoms with E-state index in [0.717, 1.165) is 22.5 Å². The van der Waals surface area contributed by atoms with E-state index < -0.39 is 10.0 Å². The zero-order valence-electron chi connectivity index (χ0n) is 14.4. The summed E-state index contributed by atoms with van der Waals surface area (Å²) in [7, 11) is -3.51. The van der Waals surface area contributed by atoms with Gasteiger partial charge in [0.2, 0.25) is 10.0 Å². The number of nitrogens with one attached hydrogen (secondary N) is 1. The van der Waals surface area contributed by atoms with Crippen LogP contribution in [0.2, 0.25) is 4.47 Å². The lowest BCUT2D eigenvalue weighted by Crippen LogP contribution is -2.35. The van der Waals surface area contributed by atoms with Gasteiger partial charge in [-0.3, -0.25) is 0 Å². The number of halogens is 1. The van der Waals surface area contributed by atoms with Crippen LogP contribution in [-0.4, -0.2) is 24.3 Å². The monoisotopic (exact) mass is 419 g/mol. The summed E-state index contributed by atoms with van der Waals surface area (Å²) in [5, 5.41) is 3.25. The summed E-state index contributed by atoms with van der Waals surface area (Å²) in [4.78, 5) is 5.33. The topological polar surface area (TPSA) is 62.3 Å². The van der Waals surface area contributed by atoms with Crippen LogP contribution in [0.25, 0.3) is 0 Å². The molecule has 2 heterocycles. The van der Waals surface area contributed by atoms with E-state index in [0.29, 0.717) is 29.0 Å². The van der Waals surface area contributed by atoms with Crippen LogP contribution in [0.5, 0.6) is 0 Å². The summed E-state index contributed by atoms with van der Waals surface area (Å²) in [6.45, 7) is 1.52. The number of fused-ring (bicyclic) bond motifs is 1. The molecule has 0 atom stereocenters. The molecule has 1 aromatic heterocycles. The molecule has 0 bridgehead atoms. The van der Waals surface area contributed by atoms with Gasteiger partial charge in [0.25, 0.3) is 0 Å². The number of rotatable bonds is 5. The third kappa shape index (κ3) is 4.01. The molecule has 2 aromatic carbocycles. The molecule has 0 radical (unpaired) electrons. The Morgan fingerprint density at radius 3 is 2.56 bits per heavy atom. The molecule has 3 aromatic rings. The minimum Gasteiger partial charge on any atom is -0.380 e. The standard InChI is InChI=1S/C19H18ClN3O2S2/c20-19-22-12-17(26-19)11-21-16-5-7-18(8-6-16)27(24,25)23-10-9-14-3-1-2-4-15(14)13-23/h1-8,12,21H,9-11,13H2. The average Bonchev–Trinajstić information content (AvgIpc) is 3.11. The number of thiazole rings is 1. The molecule has 4 rings (SSSR count). The van der Waals surface area contributed by atoms with E-state index >= 15 is 0 Å². The number of hydrogen-bond acceptors (Lipinski definition) is 5. The highest BCUT2D eigenvalue weighted by Gasteiger charge is 2.28. The largest absolute Gasteiger partial charge is 0.380 e. The van der Waals surface area contributed by atoms with Crippen molar-refractivity contribution in [2.45, 2.75) is 24.4 Å². The van der Waals surface area contributed by atoms with Crippen molar-refractivity contribution in [2.75, 3.05) is 11.9 Å². The Morgan fingerprint density at radius 1 is 1.11 bits per heavy atom. The quantitative estimate of drug-likeness (QED) is 0.674. The van der Waals surface area contributed by atoms with Crippen LogP contribution in [0.15, 0.2) is 59.6 Å². The molecule has 5 nitrogen and oxygen atoms in total. The smallest absolute Gasteiger partial charge is 0.243 e. The van der Waals surface area contributed by atoms with Gasteiger partial charge in [-0.25, -0.2) is 13.4 Å². The molecule has 1 aliphatic heterocycles. The Kier molecular flexibility index (Phi) is 5.19. The molecular formula is C19H18ClN3O2S2. The summed E-state index contributed by atoms with van der Waals surface area (Å²) in [5.41, 5.74) is 3.16. The van der Waals surface area contributed by atoms with Crippen LogP contribution in [0, 0.1) is 0 Å². The molecule has 0 unspecified atom stereocenters. The number of nitrogens with zero attached hydrogens (tertiary/aromatic N) is 2. The highest BCUT2D eigenvalue weighted by molar-refractivity contribution is 7.89. The van der Waals surface area contributed by atoms with Crippen molar-refractivity contribution in [3.05, 3.63) is 75.2 Å². The van der Waals surface area contributed by atoms with Crippen LogP contribution in [0.3, 0.4) is 0 Å². The minimum absolute atomic E-state index is 0.313. The lowest BCUT2D eigenvalue weighted by atomic mass is 10.0. The molecule has 0 amide bonds. The summed E-state index contributed by atoms with van der Waals surface area (Å²) >= 11 is 7.24. The van der Waals surface area contributed by atoms with Gasteiger partial charge in [0.05, 0.1) is 11.4 Å². The number of aromatic nitrogens is 1. The van der Waals surface area contributed by atoms with E-state index in [2.05, 4.69) is 16.4 Å². The van der Waals surface area contributed by atoms with E-state index in [9.17, 15) is 8.42 Å². The van der Waals surface area contributed by atoms with E-state index in [1.807, 2.05) is 18.2 Å². The SMILES string of the molecule is O=S(=O)(c1ccc(NCc2cnc(Cl)s2)cc1)N1CCc2ccccc2C1. The third-order valence-electron chi connectivity index (χ3n) is 4.58. The maximum absolute atomic E-state index is 13.0. The molecule has 8 heteroatoms. The van der Waals surface area contributed by atoms with Crippen molar-refractivity contribution in [2.24, 2.45) is 0 Å². The fourth-order valence-electron chi connectivity index (χ4n) is 3.12. The predicted molar refractivity (Wildman–Crippen MR) is 109 cm³/mol. The number of hydrogen-bond donors (Lipinski definition) is 1. The van der Waals surface area contributed by atoms with Gasteiger partial charge in [0.1, 0.15) is 0 Å². The van der Waals surface area contributed by atoms with E-state index in [-0.39, 0.29) is 0 Å².